The molecule has 0 spiro atoms. The summed E-state index contributed by atoms with van der Waals surface area (Å²) in [7, 11) is 0. The van der Waals surface area contributed by atoms with E-state index in [1.54, 1.807) is 0 Å². The molecule has 0 saturated carbocycles. The Hall–Kier alpha value is -1.67. The number of carbonyl (C=O) groups is 3. The van der Waals surface area contributed by atoms with Crippen LogP contribution in [0, 0.1) is 0 Å². The van der Waals surface area contributed by atoms with Gasteiger partial charge in [-0.2, -0.15) is 0 Å². The third-order valence-electron chi connectivity index (χ3n) is 2.64. The lowest BCUT2D eigenvalue weighted by atomic mass is 9.99. The van der Waals surface area contributed by atoms with Gasteiger partial charge in [0.15, 0.2) is 12.2 Å². The van der Waals surface area contributed by atoms with E-state index >= 15 is 0 Å². The van der Waals surface area contributed by atoms with Gasteiger partial charge in [-0.15, -0.1) is 0 Å². The van der Waals surface area contributed by atoms with Crippen molar-refractivity contribution in [1.29, 1.82) is 0 Å². The van der Waals surface area contributed by atoms with E-state index in [1.807, 2.05) is 0 Å². The molecule has 1 aliphatic heterocycles. The molecule has 8 nitrogen and oxygen atoms in total. The molecule has 1 N–H and O–H groups in total. The molecule has 0 aromatic rings. The van der Waals surface area contributed by atoms with Gasteiger partial charge in [0, 0.05) is 20.8 Å². The van der Waals surface area contributed by atoms with E-state index in [4.69, 9.17) is 18.9 Å². The van der Waals surface area contributed by atoms with Gasteiger partial charge in [-0.1, -0.05) is 0 Å². The summed E-state index contributed by atoms with van der Waals surface area (Å²) in [4.78, 5) is 33.1. The quantitative estimate of drug-likeness (QED) is 0.548. The molecule has 1 fully saturated rings. The highest BCUT2D eigenvalue weighted by molar-refractivity contribution is 5.67. The van der Waals surface area contributed by atoms with Crippen LogP contribution in [0.5, 0.6) is 0 Å². The molecule has 5 atom stereocenters. The zero-order valence-electron chi connectivity index (χ0n) is 11.7. The van der Waals surface area contributed by atoms with Gasteiger partial charge in [-0.25, -0.2) is 0 Å². The van der Waals surface area contributed by atoms with Crippen LogP contribution in [0.4, 0.5) is 0 Å². The van der Waals surface area contributed by atoms with E-state index in [-0.39, 0.29) is 0 Å². The molecule has 1 rings (SSSR count). The minimum Gasteiger partial charge on any atom is -0.457 e. The van der Waals surface area contributed by atoms with E-state index in [0.717, 1.165) is 13.8 Å². The Morgan fingerprint density at radius 3 is 1.80 bits per heavy atom. The summed E-state index contributed by atoms with van der Waals surface area (Å²) >= 11 is 0. The topological polar surface area (TPSA) is 108 Å². The molecular formula is C12H18O8. The molecule has 0 amide bonds. The fourth-order valence-corrected chi connectivity index (χ4v) is 1.92. The average molecular weight is 290 g/mol. The maximum Gasteiger partial charge on any atom is 0.305 e. The second kappa shape index (κ2) is 6.67. The van der Waals surface area contributed by atoms with Crippen LogP contribution in [0.3, 0.4) is 0 Å². The maximum atomic E-state index is 11.1. The van der Waals surface area contributed by atoms with E-state index in [2.05, 4.69) is 0 Å². The number of hydrogen-bond donors (Lipinski definition) is 1. The van der Waals surface area contributed by atoms with E-state index < -0.39 is 48.6 Å². The van der Waals surface area contributed by atoms with Crippen LogP contribution in [0.1, 0.15) is 27.7 Å². The van der Waals surface area contributed by atoms with Crippen LogP contribution in [0.25, 0.3) is 0 Å². The fraction of sp³-hybridized carbons (Fsp3) is 0.750. The van der Waals surface area contributed by atoms with Gasteiger partial charge in [-0.05, 0) is 6.92 Å². The average Bonchev–Trinajstić information content (AvgIpc) is 2.28. The zero-order valence-corrected chi connectivity index (χ0v) is 11.7. The number of hydrogen-bond acceptors (Lipinski definition) is 8. The number of carbonyl (C=O) groups excluding carboxylic acids is 3. The van der Waals surface area contributed by atoms with Gasteiger partial charge in [0.2, 0.25) is 6.29 Å². The number of esters is 3. The molecule has 1 unspecified atom stereocenters. The Bertz CT molecular complexity index is 393. The minimum atomic E-state index is -1.36. The van der Waals surface area contributed by atoms with Gasteiger partial charge >= 0.3 is 17.9 Å². The smallest absolute Gasteiger partial charge is 0.305 e. The Kier molecular flexibility index (Phi) is 5.46. The van der Waals surface area contributed by atoms with Crippen molar-refractivity contribution >= 4 is 17.9 Å². The molecule has 0 bridgehead atoms. The summed E-state index contributed by atoms with van der Waals surface area (Å²) in [5.74, 6) is -1.96. The van der Waals surface area contributed by atoms with Crippen molar-refractivity contribution in [2.24, 2.45) is 0 Å². The molecule has 20 heavy (non-hydrogen) atoms. The minimum absolute atomic E-state index is 0.614. The van der Waals surface area contributed by atoms with E-state index in [0.29, 0.717) is 0 Å². The van der Waals surface area contributed by atoms with Crippen molar-refractivity contribution in [3.63, 3.8) is 0 Å². The summed E-state index contributed by atoms with van der Waals surface area (Å²) in [6.45, 7) is 5.01. The van der Waals surface area contributed by atoms with Crippen molar-refractivity contribution in [2.45, 2.75) is 58.4 Å². The first-order valence-corrected chi connectivity index (χ1v) is 6.07. The van der Waals surface area contributed by atoms with E-state index in [1.165, 1.54) is 13.8 Å². The summed E-state index contributed by atoms with van der Waals surface area (Å²) < 4.78 is 20.0. The Balaban J connectivity index is 2.92. The molecular weight excluding hydrogens is 272 g/mol. The highest BCUT2D eigenvalue weighted by Crippen LogP contribution is 2.26. The number of aliphatic hydroxyl groups is 1. The van der Waals surface area contributed by atoms with Crippen LogP contribution in [0.2, 0.25) is 0 Å². The second-order valence-corrected chi connectivity index (χ2v) is 4.46. The Morgan fingerprint density at radius 1 is 0.900 bits per heavy atom. The van der Waals surface area contributed by atoms with Crippen LogP contribution in [0.15, 0.2) is 0 Å². The highest BCUT2D eigenvalue weighted by atomic mass is 16.7. The molecule has 1 heterocycles. The molecule has 0 radical (unpaired) electrons. The summed E-state index contributed by atoms with van der Waals surface area (Å²) in [5.41, 5.74) is 0. The molecule has 0 aromatic carbocycles. The van der Waals surface area contributed by atoms with Crippen molar-refractivity contribution in [1.82, 2.24) is 0 Å². The van der Waals surface area contributed by atoms with Crippen molar-refractivity contribution in [2.75, 3.05) is 0 Å². The highest BCUT2D eigenvalue weighted by Gasteiger charge is 2.48. The normalized spacial score (nSPS) is 33.1. The van der Waals surface area contributed by atoms with Gasteiger partial charge in [0.25, 0.3) is 0 Å². The number of rotatable bonds is 3. The third-order valence-corrected chi connectivity index (χ3v) is 2.64. The van der Waals surface area contributed by atoms with Crippen LogP contribution < -0.4 is 0 Å². The summed E-state index contributed by atoms with van der Waals surface area (Å²) in [6, 6.07) is 0. The van der Waals surface area contributed by atoms with Crippen LogP contribution >= 0.6 is 0 Å². The first kappa shape index (κ1) is 16.4. The molecule has 1 saturated heterocycles. The predicted molar refractivity (Wildman–Crippen MR) is 63.2 cm³/mol. The lowest BCUT2D eigenvalue weighted by molar-refractivity contribution is -0.290. The van der Waals surface area contributed by atoms with Crippen molar-refractivity contribution in [3.8, 4) is 0 Å². The molecule has 114 valence electrons. The third kappa shape index (κ3) is 4.17. The predicted octanol–water partition coefficient (Wildman–Crippen LogP) is -0.481. The molecule has 1 aliphatic rings. The summed E-state index contributed by atoms with van der Waals surface area (Å²) in [5, 5.41) is 10.2. The van der Waals surface area contributed by atoms with Crippen molar-refractivity contribution in [3.05, 3.63) is 0 Å². The van der Waals surface area contributed by atoms with E-state index in [9.17, 15) is 19.5 Å². The monoisotopic (exact) mass is 290 g/mol. The number of ether oxygens (including phenoxy) is 4. The maximum absolute atomic E-state index is 11.1. The zero-order chi connectivity index (χ0) is 15.4. The van der Waals surface area contributed by atoms with Gasteiger partial charge in [0.05, 0.1) is 6.10 Å². The first-order valence-electron chi connectivity index (χ1n) is 6.07. The second-order valence-electron chi connectivity index (χ2n) is 4.46. The largest absolute Gasteiger partial charge is 0.457 e. The number of aliphatic hydroxyl groups excluding tert-OH is 1. The Labute approximate surface area is 115 Å². The van der Waals surface area contributed by atoms with Crippen LogP contribution in [-0.4, -0.2) is 53.7 Å². The summed E-state index contributed by atoms with van der Waals surface area (Å²) in [6.07, 6.45) is -5.64. The lowest BCUT2D eigenvalue weighted by Gasteiger charge is -2.41. The first-order chi connectivity index (χ1) is 9.22. The van der Waals surface area contributed by atoms with Crippen LogP contribution in [-0.2, 0) is 33.3 Å². The standard InChI is InChI=1S/C12H18O8/c1-5-10(18-6(2)13)9(16)11(19-7(3)14)12(17-5)20-8(4)15/h5,9-12,16H,1-4H3/t5-,9+,10-,11+,12?/m0/s1. The van der Waals surface area contributed by atoms with Crippen molar-refractivity contribution < 1.29 is 38.4 Å². The molecule has 0 aromatic heterocycles. The molecule has 0 aliphatic carbocycles. The van der Waals surface area contributed by atoms with Gasteiger partial charge in [-0.3, -0.25) is 14.4 Å². The SMILES string of the molecule is CC(=O)OC1O[C@@H](C)[C@H](OC(C)=O)[C@@H](O)[C@H]1OC(C)=O. The van der Waals surface area contributed by atoms with Gasteiger partial charge < -0.3 is 24.1 Å². The molecule has 8 heteroatoms. The van der Waals surface area contributed by atoms with Gasteiger partial charge in [0.1, 0.15) is 6.10 Å². The lowest BCUT2D eigenvalue weighted by Crippen LogP contribution is -2.60. The Morgan fingerprint density at radius 2 is 1.35 bits per heavy atom. The fourth-order valence-electron chi connectivity index (χ4n) is 1.92.